The van der Waals surface area contributed by atoms with E-state index >= 15 is 0 Å². The zero-order chi connectivity index (χ0) is 17.4. The average molecular weight is 359 g/mol. The number of carbonyl (C=O) groups is 1. The lowest BCUT2D eigenvalue weighted by Crippen LogP contribution is -2.47. The van der Waals surface area contributed by atoms with E-state index in [2.05, 4.69) is 29.8 Å². The minimum atomic E-state index is -0.480. The number of hydrogen-bond donors (Lipinski definition) is 2. The number of aromatic nitrogens is 5. The number of nitrogens with two attached hydrogens (primary N) is 1. The SMILES string of the molecule is NC(=O)c1cccnc1N1CCN(c2nc(Cl)nc3[nH]cnc23)CC1. The van der Waals surface area contributed by atoms with Gasteiger partial charge in [0.25, 0.3) is 5.91 Å². The lowest BCUT2D eigenvalue weighted by atomic mass is 10.2. The van der Waals surface area contributed by atoms with Gasteiger partial charge in [0.2, 0.25) is 5.28 Å². The first-order valence-corrected chi connectivity index (χ1v) is 8.12. The number of nitrogens with one attached hydrogen (secondary N) is 1. The predicted octanol–water partition coefficient (Wildman–Crippen LogP) is 0.827. The number of hydrogen-bond acceptors (Lipinski definition) is 7. The van der Waals surface area contributed by atoms with Crippen LogP contribution in [0.5, 0.6) is 0 Å². The summed E-state index contributed by atoms with van der Waals surface area (Å²) < 4.78 is 0. The molecule has 0 aliphatic carbocycles. The van der Waals surface area contributed by atoms with Gasteiger partial charge in [0.05, 0.1) is 11.9 Å². The summed E-state index contributed by atoms with van der Waals surface area (Å²) in [4.78, 5) is 35.7. The molecule has 0 spiro atoms. The summed E-state index contributed by atoms with van der Waals surface area (Å²) >= 11 is 6.01. The molecule has 0 atom stereocenters. The molecule has 0 aromatic carbocycles. The molecule has 1 fully saturated rings. The molecule has 3 aromatic rings. The predicted molar refractivity (Wildman–Crippen MR) is 93.9 cm³/mol. The van der Waals surface area contributed by atoms with Gasteiger partial charge >= 0.3 is 0 Å². The summed E-state index contributed by atoms with van der Waals surface area (Å²) in [7, 11) is 0. The van der Waals surface area contributed by atoms with E-state index in [1.54, 1.807) is 24.7 Å². The molecule has 1 saturated heterocycles. The van der Waals surface area contributed by atoms with Crippen LogP contribution in [0.1, 0.15) is 10.4 Å². The van der Waals surface area contributed by atoms with Crippen LogP contribution in [-0.4, -0.2) is 57.0 Å². The van der Waals surface area contributed by atoms with Crippen molar-refractivity contribution in [2.24, 2.45) is 5.73 Å². The van der Waals surface area contributed by atoms with Crippen molar-refractivity contribution in [3.05, 3.63) is 35.5 Å². The van der Waals surface area contributed by atoms with Gasteiger partial charge in [-0.15, -0.1) is 0 Å². The van der Waals surface area contributed by atoms with Gasteiger partial charge in [-0.1, -0.05) is 0 Å². The second-order valence-corrected chi connectivity index (χ2v) is 5.97. The molecular weight excluding hydrogens is 344 g/mol. The molecule has 1 aliphatic rings. The molecule has 3 N–H and O–H groups in total. The number of primary amides is 1. The smallest absolute Gasteiger partial charge is 0.252 e. The van der Waals surface area contributed by atoms with Crippen LogP contribution in [0, 0.1) is 0 Å². The second-order valence-electron chi connectivity index (χ2n) is 5.63. The molecule has 25 heavy (non-hydrogen) atoms. The number of nitrogens with zero attached hydrogens (tertiary/aromatic N) is 6. The summed E-state index contributed by atoms with van der Waals surface area (Å²) in [6, 6.07) is 3.39. The van der Waals surface area contributed by atoms with Crippen molar-refractivity contribution in [1.82, 2.24) is 24.9 Å². The van der Waals surface area contributed by atoms with E-state index in [0.29, 0.717) is 54.5 Å². The lowest BCUT2D eigenvalue weighted by molar-refractivity contribution is 0.100. The first-order chi connectivity index (χ1) is 12.1. The number of carbonyl (C=O) groups excluding carboxylic acids is 1. The fraction of sp³-hybridized carbons (Fsp3) is 0.267. The highest BCUT2D eigenvalue weighted by Gasteiger charge is 2.24. The van der Waals surface area contributed by atoms with Crippen molar-refractivity contribution in [1.29, 1.82) is 0 Å². The number of pyridine rings is 1. The van der Waals surface area contributed by atoms with Crippen LogP contribution in [0.15, 0.2) is 24.7 Å². The Morgan fingerprint density at radius 2 is 1.84 bits per heavy atom. The number of aromatic amines is 1. The fourth-order valence-electron chi connectivity index (χ4n) is 2.99. The maximum absolute atomic E-state index is 11.6. The highest BCUT2D eigenvalue weighted by atomic mass is 35.5. The van der Waals surface area contributed by atoms with Crippen molar-refractivity contribution < 1.29 is 4.79 Å². The zero-order valence-corrected chi connectivity index (χ0v) is 13.9. The Balaban J connectivity index is 1.58. The van der Waals surface area contributed by atoms with Crippen molar-refractivity contribution in [3.63, 3.8) is 0 Å². The largest absolute Gasteiger partial charge is 0.365 e. The van der Waals surface area contributed by atoms with Gasteiger partial charge in [-0.2, -0.15) is 9.97 Å². The van der Waals surface area contributed by atoms with Gasteiger partial charge in [-0.3, -0.25) is 4.79 Å². The number of piperazine rings is 1. The van der Waals surface area contributed by atoms with Crippen molar-refractivity contribution in [2.45, 2.75) is 0 Å². The summed E-state index contributed by atoms with van der Waals surface area (Å²) in [6.45, 7) is 2.71. The molecule has 4 heterocycles. The van der Waals surface area contributed by atoms with Crippen LogP contribution < -0.4 is 15.5 Å². The molecule has 3 aromatic heterocycles. The number of anilines is 2. The van der Waals surface area contributed by atoms with Crippen LogP contribution in [0.4, 0.5) is 11.6 Å². The Labute approximate surface area is 147 Å². The first-order valence-electron chi connectivity index (χ1n) is 7.75. The first kappa shape index (κ1) is 15.6. The van der Waals surface area contributed by atoms with E-state index in [1.807, 2.05) is 4.90 Å². The molecule has 4 rings (SSSR count). The van der Waals surface area contributed by atoms with Gasteiger partial charge < -0.3 is 20.5 Å². The Hall–Kier alpha value is -2.94. The number of fused-ring (bicyclic) bond motifs is 1. The van der Waals surface area contributed by atoms with Crippen molar-refractivity contribution in [3.8, 4) is 0 Å². The second kappa shape index (κ2) is 6.17. The molecular formula is C15H15ClN8O. The van der Waals surface area contributed by atoms with Crippen LogP contribution in [-0.2, 0) is 0 Å². The van der Waals surface area contributed by atoms with Crippen LogP contribution in [0.25, 0.3) is 11.2 Å². The Morgan fingerprint density at radius 1 is 1.12 bits per heavy atom. The Bertz CT molecular complexity index is 934. The molecule has 10 heteroatoms. The molecule has 0 radical (unpaired) electrons. The van der Waals surface area contributed by atoms with Crippen molar-refractivity contribution in [2.75, 3.05) is 36.0 Å². The topological polar surface area (TPSA) is 117 Å². The molecule has 1 aliphatic heterocycles. The van der Waals surface area contributed by atoms with Crippen LogP contribution >= 0.6 is 11.6 Å². The summed E-state index contributed by atoms with van der Waals surface area (Å²) in [6.07, 6.45) is 3.23. The Kier molecular flexibility index (Phi) is 3.85. The van der Waals surface area contributed by atoms with E-state index in [4.69, 9.17) is 17.3 Å². The third-order valence-electron chi connectivity index (χ3n) is 4.16. The molecule has 9 nitrogen and oxygen atoms in total. The normalized spacial score (nSPS) is 14.9. The van der Waals surface area contributed by atoms with E-state index < -0.39 is 5.91 Å². The van der Waals surface area contributed by atoms with E-state index in [-0.39, 0.29) is 5.28 Å². The zero-order valence-electron chi connectivity index (χ0n) is 13.2. The van der Waals surface area contributed by atoms with Gasteiger partial charge in [0, 0.05) is 32.4 Å². The standard InChI is InChI=1S/C15H15ClN8O/c16-15-21-12-10(19-8-20-12)14(22-15)24-6-4-23(5-7-24)13-9(11(17)25)2-1-3-18-13/h1-3,8H,4-7H2,(H2,17,25)(H,19,20,21,22). The summed E-state index contributed by atoms with van der Waals surface area (Å²) in [5.74, 6) is 0.832. The highest BCUT2D eigenvalue weighted by molar-refractivity contribution is 6.28. The maximum Gasteiger partial charge on any atom is 0.252 e. The Morgan fingerprint density at radius 3 is 2.56 bits per heavy atom. The third kappa shape index (κ3) is 2.82. The molecule has 0 unspecified atom stereocenters. The number of halogens is 1. The van der Waals surface area contributed by atoms with Crippen molar-refractivity contribution >= 4 is 40.3 Å². The van der Waals surface area contributed by atoms with Crippen LogP contribution in [0.2, 0.25) is 5.28 Å². The maximum atomic E-state index is 11.6. The van der Waals surface area contributed by atoms with E-state index in [0.717, 1.165) is 0 Å². The third-order valence-corrected chi connectivity index (χ3v) is 4.33. The minimum absolute atomic E-state index is 0.176. The molecule has 0 bridgehead atoms. The number of amides is 1. The minimum Gasteiger partial charge on any atom is -0.365 e. The monoisotopic (exact) mass is 358 g/mol. The summed E-state index contributed by atoms with van der Waals surface area (Å²) in [5.41, 5.74) is 7.17. The fourth-order valence-corrected chi connectivity index (χ4v) is 3.15. The molecule has 1 amide bonds. The quantitative estimate of drug-likeness (QED) is 0.666. The number of rotatable bonds is 3. The van der Waals surface area contributed by atoms with Gasteiger partial charge in [0.1, 0.15) is 5.82 Å². The molecule has 0 saturated carbocycles. The highest BCUT2D eigenvalue weighted by Crippen LogP contribution is 2.25. The van der Waals surface area contributed by atoms with Gasteiger partial charge in [-0.05, 0) is 23.7 Å². The lowest BCUT2D eigenvalue weighted by Gasteiger charge is -2.36. The number of imidazole rings is 1. The average Bonchev–Trinajstić information content (AvgIpc) is 3.09. The van der Waals surface area contributed by atoms with Gasteiger partial charge in [-0.25, -0.2) is 9.97 Å². The van der Waals surface area contributed by atoms with Gasteiger partial charge in [0.15, 0.2) is 17.0 Å². The van der Waals surface area contributed by atoms with E-state index in [1.165, 1.54) is 0 Å². The molecule has 128 valence electrons. The van der Waals surface area contributed by atoms with Crippen LogP contribution in [0.3, 0.4) is 0 Å². The summed E-state index contributed by atoms with van der Waals surface area (Å²) in [5, 5.41) is 0.176. The van der Waals surface area contributed by atoms with E-state index in [9.17, 15) is 4.79 Å². The number of H-pyrrole nitrogens is 1.